The van der Waals surface area contributed by atoms with E-state index in [0.29, 0.717) is 12.8 Å². The van der Waals surface area contributed by atoms with E-state index in [-0.39, 0.29) is 18.9 Å². The van der Waals surface area contributed by atoms with Crippen LogP contribution in [0.15, 0.2) is 36.5 Å². The number of rotatable bonds is 76. The molecule has 3 heterocycles. The molecule has 648 valence electrons. The molecule has 0 aliphatic carbocycles. The molecule has 19 heteroatoms. The van der Waals surface area contributed by atoms with Crippen LogP contribution >= 0.6 is 0 Å². The van der Waals surface area contributed by atoms with Crippen LogP contribution in [0.4, 0.5) is 0 Å². The number of hydrogen-bond acceptors (Lipinski definition) is 18. The van der Waals surface area contributed by atoms with E-state index in [4.69, 9.17) is 28.4 Å². The molecule has 3 saturated heterocycles. The second-order valence-corrected chi connectivity index (χ2v) is 33.1. The van der Waals surface area contributed by atoms with E-state index in [2.05, 4.69) is 43.5 Å². The molecule has 3 aliphatic rings. The van der Waals surface area contributed by atoms with Crippen molar-refractivity contribution in [3.8, 4) is 0 Å². The van der Waals surface area contributed by atoms with Crippen molar-refractivity contribution in [1.82, 2.24) is 5.32 Å². The number of aliphatic hydroxyl groups excluding tert-OH is 11. The van der Waals surface area contributed by atoms with E-state index < -0.39 is 124 Å². The lowest BCUT2D eigenvalue weighted by molar-refractivity contribution is -0.379. The predicted octanol–water partition coefficient (Wildman–Crippen LogP) is 17.8. The van der Waals surface area contributed by atoms with Crippen molar-refractivity contribution in [2.45, 2.75) is 510 Å². The minimum Gasteiger partial charge on any atom is -0.394 e. The van der Waals surface area contributed by atoms with Crippen LogP contribution in [0.5, 0.6) is 0 Å². The third kappa shape index (κ3) is 49.3. The maximum absolute atomic E-state index is 13.5. The van der Waals surface area contributed by atoms with E-state index in [9.17, 15) is 61.0 Å². The smallest absolute Gasteiger partial charge is 0.220 e. The Balaban J connectivity index is 1.33. The highest BCUT2D eigenvalue weighted by atomic mass is 16.8. The van der Waals surface area contributed by atoms with E-state index in [1.54, 1.807) is 6.08 Å². The van der Waals surface area contributed by atoms with Crippen LogP contribution in [0.2, 0.25) is 0 Å². The Morgan fingerprint density at radius 2 is 0.582 bits per heavy atom. The molecule has 19 nitrogen and oxygen atoms in total. The summed E-state index contributed by atoms with van der Waals surface area (Å²) in [5.74, 6) is -0.281. The molecule has 17 atom stereocenters. The summed E-state index contributed by atoms with van der Waals surface area (Å²) in [4.78, 5) is 13.5. The van der Waals surface area contributed by atoms with Crippen molar-refractivity contribution in [3.05, 3.63) is 36.5 Å². The molecular weight excluding hydrogens is 1390 g/mol. The molecular formula is C91H171NO18. The summed E-state index contributed by atoms with van der Waals surface area (Å²) in [7, 11) is 0. The van der Waals surface area contributed by atoms with Crippen LogP contribution in [0.3, 0.4) is 0 Å². The van der Waals surface area contributed by atoms with Crippen molar-refractivity contribution in [1.29, 1.82) is 0 Å². The average Bonchev–Trinajstić information content (AvgIpc) is 0.779. The molecule has 0 bridgehead atoms. The van der Waals surface area contributed by atoms with Gasteiger partial charge in [0, 0.05) is 6.42 Å². The zero-order chi connectivity index (χ0) is 79.5. The van der Waals surface area contributed by atoms with Crippen LogP contribution in [-0.4, -0.2) is 193 Å². The Morgan fingerprint density at radius 3 is 0.909 bits per heavy atom. The molecule has 110 heavy (non-hydrogen) atoms. The first kappa shape index (κ1) is 102. The van der Waals surface area contributed by atoms with Crippen LogP contribution in [0.1, 0.15) is 406 Å². The first-order chi connectivity index (χ1) is 53.8. The lowest BCUT2D eigenvalue weighted by Crippen LogP contribution is -2.66. The fourth-order valence-corrected chi connectivity index (χ4v) is 15.8. The minimum atomic E-state index is -1.98. The number of allylic oxidation sites excluding steroid dienone is 5. The van der Waals surface area contributed by atoms with Gasteiger partial charge in [0.1, 0.15) is 73.2 Å². The lowest BCUT2D eigenvalue weighted by Gasteiger charge is -2.48. The van der Waals surface area contributed by atoms with Crippen molar-refractivity contribution in [2.75, 3.05) is 26.4 Å². The summed E-state index contributed by atoms with van der Waals surface area (Å²) in [5.41, 5.74) is 0. The highest BCUT2D eigenvalue weighted by Gasteiger charge is 2.54. The number of carbonyl (C=O) groups is 1. The van der Waals surface area contributed by atoms with Crippen molar-refractivity contribution >= 4 is 5.91 Å². The third-order valence-corrected chi connectivity index (χ3v) is 23.2. The van der Waals surface area contributed by atoms with Gasteiger partial charge in [-0.1, -0.05) is 391 Å². The Labute approximate surface area is 670 Å². The maximum atomic E-state index is 13.5. The van der Waals surface area contributed by atoms with Crippen molar-refractivity contribution in [3.63, 3.8) is 0 Å². The topological polar surface area (TPSA) is 307 Å². The number of nitrogens with one attached hydrogen (secondary N) is 1. The van der Waals surface area contributed by atoms with Gasteiger partial charge in [-0.3, -0.25) is 4.79 Å². The molecule has 12 N–H and O–H groups in total. The molecule has 3 aliphatic heterocycles. The molecule has 0 spiro atoms. The van der Waals surface area contributed by atoms with E-state index in [0.717, 1.165) is 44.9 Å². The average molecular weight is 1570 g/mol. The second-order valence-electron chi connectivity index (χ2n) is 33.1. The normalized spacial score (nSPS) is 25.3. The number of aliphatic hydroxyl groups is 11. The van der Waals surface area contributed by atoms with Gasteiger partial charge in [-0.25, -0.2) is 0 Å². The Hall–Kier alpha value is -1.99. The van der Waals surface area contributed by atoms with Gasteiger partial charge in [0.25, 0.3) is 0 Å². The predicted molar refractivity (Wildman–Crippen MR) is 443 cm³/mol. The number of hydrogen-bond donors (Lipinski definition) is 12. The van der Waals surface area contributed by atoms with Gasteiger partial charge in [0.2, 0.25) is 5.91 Å². The van der Waals surface area contributed by atoms with Crippen molar-refractivity contribution < 1.29 is 89.4 Å². The number of carbonyl (C=O) groups excluding carboxylic acids is 1. The van der Waals surface area contributed by atoms with Crippen LogP contribution in [-0.2, 0) is 33.2 Å². The quantitative estimate of drug-likeness (QED) is 0.0199. The van der Waals surface area contributed by atoms with Crippen molar-refractivity contribution in [2.24, 2.45) is 0 Å². The number of amides is 1. The monoisotopic (exact) mass is 1570 g/mol. The van der Waals surface area contributed by atoms with E-state index >= 15 is 0 Å². The summed E-state index contributed by atoms with van der Waals surface area (Å²) in [6.45, 7) is 1.79. The zero-order valence-electron chi connectivity index (χ0n) is 70.0. The summed E-state index contributed by atoms with van der Waals surface area (Å²) in [6, 6.07) is -0.997. The minimum absolute atomic E-state index is 0.237. The number of ether oxygens (including phenoxy) is 6. The third-order valence-electron chi connectivity index (χ3n) is 23.2. The van der Waals surface area contributed by atoms with Gasteiger partial charge in [0.15, 0.2) is 18.9 Å². The van der Waals surface area contributed by atoms with E-state index in [1.807, 2.05) is 6.08 Å². The van der Waals surface area contributed by atoms with Crippen LogP contribution < -0.4 is 5.32 Å². The highest BCUT2D eigenvalue weighted by molar-refractivity contribution is 5.76. The lowest BCUT2D eigenvalue weighted by atomic mass is 9.96. The summed E-state index contributed by atoms with van der Waals surface area (Å²) in [5, 5.41) is 121. The molecule has 0 aromatic heterocycles. The summed E-state index contributed by atoms with van der Waals surface area (Å²) in [6.07, 6.45) is 64.6. The first-order valence-electron chi connectivity index (χ1n) is 46.2. The molecule has 17 unspecified atom stereocenters. The molecule has 0 aromatic rings. The van der Waals surface area contributed by atoms with Gasteiger partial charge >= 0.3 is 0 Å². The fraction of sp³-hybridized carbons (Fsp3) is 0.923. The van der Waals surface area contributed by atoms with Gasteiger partial charge in [-0.15, -0.1) is 0 Å². The number of unbranched alkanes of at least 4 members (excludes halogenated alkanes) is 56. The molecule has 3 rings (SSSR count). The standard InChI is InChI=1S/C91H171NO18/c1-3-5-7-9-11-13-15-17-19-21-23-25-27-29-31-33-35-36-37-38-39-41-43-45-47-49-51-53-55-57-59-61-63-65-67-69-79(97)92-74(75(96)68-66-64-62-60-58-56-54-52-50-48-46-44-42-40-34-32-30-28-26-24-22-20-18-16-14-12-10-8-6-4-2)73-105-89-85(103)82(100)87(77(71-94)107-89)110-91-86(104)83(101)88(78(72-95)108-91)109-90-84(102)81(99)80(98)76(70-93)106-90/h50,52,58,60,66,68,74-78,80-91,93-96,98-104H,3-49,51,53-57,59,61-65,67,69-73H2,1-2H3,(H,92,97)/b52-50+,60-58+,68-66+. The van der Waals surface area contributed by atoms with Gasteiger partial charge in [0.05, 0.1) is 38.6 Å². The van der Waals surface area contributed by atoms with Gasteiger partial charge < -0.3 is 89.9 Å². The highest BCUT2D eigenvalue weighted by Crippen LogP contribution is 2.34. The Morgan fingerprint density at radius 1 is 0.318 bits per heavy atom. The van der Waals surface area contributed by atoms with E-state index in [1.165, 1.54) is 327 Å². The molecule has 1 amide bonds. The first-order valence-corrected chi connectivity index (χ1v) is 46.2. The Bertz CT molecular complexity index is 2120. The summed E-state index contributed by atoms with van der Waals surface area (Å²) < 4.78 is 34.5. The van der Waals surface area contributed by atoms with Gasteiger partial charge in [-0.05, 0) is 44.9 Å². The zero-order valence-corrected chi connectivity index (χ0v) is 70.0. The Kier molecular flexibility index (Phi) is 66.1. The largest absolute Gasteiger partial charge is 0.394 e. The fourth-order valence-electron chi connectivity index (χ4n) is 15.8. The molecule has 0 aromatic carbocycles. The molecule has 3 fully saturated rings. The SMILES string of the molecule is CCCCCCCCCCCCCCCCCCCCCC/C=C/CC/C=C/CC/C=C/C(O)C(COC1OC(CO)C(OC2OC(CO)C(OC3OC(CO)C(O)C(O)C3O)C(O)C2O)C(O)C1O)NC(=O)CCCCCCCCCCCCCCCCCCCCCCCCCCCCCCCCCCCCC. The maximum Gasteiger partial charge on any atom is 0.220 e. The van der Waals surface area contributed by atoms with Gasteiger partial charge in [-0.2, -0.15) is 0 Å². The summed E-state index contributed by atoms with van der Waals surface area (Å²) >= 11 is 0. The second kappa shape index (κ2) is 71.1. The molecule has 0 saturated carbocycles. The van der Waals surface area contributed by atoms with Crippen LogP contribution in [0, 0.1) is 0 Å². The molecule has 0 radical (unpaired) electrons. The van der Waals surface area contributed by atoms with Crippen LogP contribution in [0.25, 0.3) is 0 Å².